The van der Waals surface area contributed by atoms with Crippen LogP contribution in [0.4, 0.5) is 0 Å². The lowest BCUT2D eigenvalue weighted by Crippen LogP contribution is -2.47. The third kappa shape index (κ3) is 1.43. The second kappa shape index (κ2) is 2.26. The van der Waals surface area contributed by atoms with Crippen LogP contribution in [0.25, 0.3) is 0 Å². The highest BCUT2D eigenvalue weighted by Gasteiger charge is 2.04. The minimum atomic E-state index is -0.325. The molecule has 1 heterocycles. The minimum Gasteiger partial charge on any atom is -0.377 e. The van der Waals surface area contributed by atoms with Gasteiger partial charge in [-0.2, -0.15) is 0 Å². The van der Waals surface area contributed by atoms with Crippen LogP contribution in [0.3, 0.4) is 0 Å². The number of rotatable bonds is 0. The molecular weight excluding hydrogens is 92.1 g/mol. The van der Waals surface area contributed by atoms with Gasteiger partial charge in [0.05, 0.1) is 0 Å². The lowest BCUT2D eigenvalue weighted by molar-refractivity contribution is 0.120. The number of piperazine rings is 1. The van der Waals surface area contributed by atoms with Gasteiger partial charge in [-0.05, 0) is 0 Å². The Labute approximate surface area is 42.7 Å². The van der Waals surface area contributed by atoms with Crippen LogP contribution in [-0.4, -0.2) is 31.0 Å². The lowest BCUT2D eigenvalue weighted by Gasteiger charge is -2.18. The van der Waals surface area contributed by atoms with E-state index in [0.717, 1.165) is 13.1 Å². The van der Waals surface area contributed by atoms with Gasteiger partial charge >= 0.3 is 0 Å². The van der Waals surface area contributed by atoms with Crippen molar-refractivity contribution in [3.63, 3.8) is 0 Å². The first-order valence-electron chi connectivity index (χ1n) is 2.52. The van der Waals surface area contributed by atoms with Gasteiger partial charge in [0, 0.05) is 19.6 Å². The zero-order valence-corrected chi connectivity index (χ0v) is 4.15. The zero-order valence-electron chi connectivity index (χ0n) is 4.15. The Kier molecular flexibility index (Phi) is 1.62. The van der Waals surface area contributed by atoms with Gasteiger partial charge < -0.3 is 10.4 Å². The largest absolute Gasteiger partial charge is 0.377 e. The van der Waals surface area contributed by atoms with Crippen LogP contribution < -0.4 is 10.6 Å². The monoisotopic (exact) mass is 102 g/mol. The van der Waals surface area contributed by atoms with E-state index in [2.05, 4.69) is 10.6 Å². The Balaban J connectivity index is 2.12. The quantitative estimate of drug-likeness (QED) is 0.349. The lowest BCUT2D eigenvalue weighted by atomic mass is 10.4. The van der Waals surface area contributed by atoms with Gasteiger partial charge in [-0.15, -0.1) is 0 Å². The van der Waals surface area contributed by atoms with Crippen LogP contribution in [0.5, 0.6) is 0 Å². The Morgan fingerprint density at radius 2 is 2.29 bits per heavy atom. The van der Waals surface area contributed by atoms with Crippen molar-refractivity contribution in [3.8, 4) is 0 Å². The van der Waals surface area contributed by atoms with E-state index >= 15 is 0 Å². The number of aliphatic hydroxyl groups excluding tert-OH is 1. The Morgan fingerprint density at radius 3 is 2.57 bits per heavy atom. The van der Waals surface area contributed by atoms with Gasteiger partial charge in [0.2, 0.25) is 0 Å². The summed E-state index contributed by atoms with van der Waals surface area (Å²) in [6.45, 7) is 2.53. The standard InChI is InChI=1S/C4H10N2O/c7-4-3-5-1-2-6-4/h4-7H,1-3H2. The molecule has 7 heavy (non-hydrogen) atoms. The van der Waals surface area contributed by atoms with E-state index < -0.39 is 0 Å². The number of β-amino-alcohol motifs (C(OH)–C–C–N with tert-alkyl or cyclic N) is 1. The maximum absolute atomic E-state index is 8.74. The molecule has 0 amide bonds. The molecule has 0 aromatic carbocycles. The topological polar surface area (TPSA) is 44.3 Å². The molecule has 42 valence electrons. The van der Waals surface area contributed by atoms with E-state index in [1.54, 1.807) is 0 Å². The zero-order chi connectivity index (χ0) is 5.11. The average Bonchev–Trinajstić information content (AvgIpc) is 1.69. The molecule has 1 aliphatic rings. The molecule has 0 bridgehead atoms. The molecule has 0 radical (unpaired) electrons. The van der Waals surface area contributed by atoms with Crippen LogP contribution in [0.15, 0.2) is 0 Å². The molecule has 3 nitrogen and oxygen atoms in total. The minimum absolute atomic E-state index is 0.325. The summed E-state index contributed by atoms with van der Waals surface area (Å²) < 4.78 is 0. The summed E-state index contributed by atoms with van der Waals surface area (Å²) in [5, 5.41) is 14.6. The summed E-state index contributed by atoms with van der Waals surface area (Å²) >= 11 is 0. The van der Waals surface area contributed by atoms with Crippen molar-refractivity contribution in [1.29, 1.82) is 0 Å². The van der Waals surface area contributed by atoms with Crippen molar-refractivity contribution < 1.29 is 5.11 Å². The molecule has 1 unspecified atom stereocenters. The third-order valence-electron chi connectivity index (χ3n) is 1.02. The predicted octanol–water partition coefficient (Wildman–Crippen LogP) is -1.50. The predicted molar refractivity (Wildman–Crippen MR) is 26.9 cm³/mol. The maximum atomic E-state index is 8.74. The molecule has 1 fully saturated rings. The van der Waals surface area contributed by atoms with Gasteiger partial charge in [0.1, 0.15) is 6.23 Å². The summed E-state index contributed by atoms with van der Waals surface area (Å²) in [7, 11) is 0. The third-order valence-corrected chi connectivity index (χ3v) is 1.02. The van der Waals surface area contributed by atoms with Crippen LogP contribution in [-0.2, 0) is 0 Å². The van der Waals surface area contributed by atoms with Crippen molar-refractivity contribution in [2.75, 3.05) is 19.6 Å². The first kappa shape index (κ1) is 5.03. The summed E-state index contributed by atoms with van der Waals surface area (Å²) in [4.78, 5) is 0. The summed E-state index contributed by atoms with van der Waals surface area (Å²) in [5.74, 6) is 0. The van der Waals surface area contributed by atoms with Crippen molar-refractivity contribution >= 4 is 0 Å². The van der Waals surface area contributed by atoms with E-state index in [1.165, 1.54) is 0 Å². The van der Waals surface area contributed by atoms with Crippen LogP contribution in [0.2, 0.25) is 0 Å². The molecule has 0 aliphatic carbocycles. The van der Waals surface area contributed by atoms with Gasteiger partial charge in [0.25, 0.3) is 0 Å². The molecule has 1 rings (SSSR count). The van der Waals surface area contributed by atoms with Gasteiger partial charge in [-0.25, -0.2) is 0 Å². The van der Waals surface area contributed by atoms with Gasteiger partial charge in [-0.3, -0.25) is 5.32 Å². The SMILES string of the molecule is OC1CNCCN1. The number of hydrogen-bond donors (Lipinski definition) is 3. The molecule has 3 N–H and O–H groups in total. The highest BCUT2D eigenvalue weighted by Crippen LogP contribution is 1.77. The van der Waals surface area contributed by atoms with Gasteiger partial charge in [-0.1, -0.05) is 0 Å². The average molecular weight is 102 g/mol. The second-order valence-corrected chi connectivity index (χ2v) is 1.67. The van der Waals surface area contributed by atoms with E-state index in [-0.39, 0.29) is 6.23 Å². The van der Waals surface area contributed by atoms with Crippen LogP contribution in [0, 0.1) is 0 Å². The smallest absolute Gasteiger partial charge is 0.117 e. The molecule has 0 aromatic heterocycles. The molecule has 0 aromatic rings. The molecule has 0 saturated carbocycles. The first-order valence-corrected chi connectivity index (χ1v) is 2.52. The van der Waals surface area contributed by atoms with Crippen LogP contribution >= 0.6 is 0 Å². The molecular formula is C4H10N2O. The summed E-state index contributed by atoms with van der Waals surface area (Å²) in [6.07, 6.45) is -0.325. The Hall–Kier alpha value is -0.120. The van der Waals surface area contributed by atoms with Crippen molar-refractivity contribution in [2.45, 2.75) is 6.23 Å². The van der Waals surface area contributed by atoms with E-state index in [1.807, 2.05) is 0 Å². The molecule has 1 atom stereocenters. The molecule has 1 aliphatic heterocycles. The normalized spacial score (nSPS) is 33.0. The van der Waals surface area contributed by atoms with E-state index in [9.17, 15) is 0 Å². The molecule has 0 spiro atoms. The van der Waals surface area contributed by atoms with Crippen molar-refractivity contribution in [3.05, 3.63) is 0 Å². The Bertz CT molecular complexity index is 51.7. The van der Waals surface area contributed by atoms with E-state index in [4.69, 9.17) is 5.11 Å². The second-order valence-electron chi connectivity index (χ2n) is 1.67. The fourth-order valence-electron chi connectivity index (χ4n) is 0.638. The fraction of sp³-hybridized carbons (Fsp3) is 1.00. The molecule has 1 saturated heterocycles. The summed E-state index contributed by atoms with van der Waals surface area (Å²) in [6, 6.07) is 0. The highest BCUT2D eigenvalue weighted by atomic mass is 16.3. The number of aliphatic hydroxyl groups is 1. The Morgan fingerprint density at radius 1 is 1.43 bits per heavy atom. The van der Waals surface area contributed by atoms with Crippen LogP contribution in [0.1, 0.15) is 0 Å². The van der Waals surface area contributed by atoms with Crippen molar-refractivity contribution in [1.82, 2.24) is 10.6 Å². The number of nitrogens with one attached hydrogen (secondary N) is 2. The molecule has 3 heteroatoms. The first-order chi connectivity index (χ1) is 3.39. The fourth-order valence-corrected chi connectivity index (χ4v) is 0.638. The highest BCUT2D eigenvalue weighted by molar-refractivity contribution is 4.64. The number of hydrogen-bond acceptors (Lipinski definition) is 3. The van der Waals surface area contributed by atoms with Crippen molar-refractivity contribution in [2.24, 2.45) is 0 Å². The summed E-state index contributed by atoms with van der Waals surface area (Å²) in [5.41, 5.74) is 0. The van der Waals surface area contributed by atoms with Gasteiger partial charge in [0.15, 0.2) is 0 Å². The maximum Gasteiger partial charge on any atom is 0.117 e. The van der Waals surface area contributed by atoms with E-state index in [0.29, 0.717) is 6.54 Å².